The summed E-state index contributed by atoms with van der Waals surface area (Å²) in [6, 6.07) is -0.0729. The van der Waals surface area contributed by atoms with Gasteiger partial charge in [0.15, 0.2) is 0 Å². The number of ether oxygens (including phenoxy) is 1. The van der Waals surface area contributed by atoms with Gasteiger partial charge in [0.25, 0.3) is 5.88 Å². The zero-order valence-corrected chi connectivity index (χ0v) is 9.76. The van der Waals surface area contributed by atoms with Crippen molar-refractivity contribution in [2.75, 3.05) is 25.5 Å². The zero-order chi connectivity index (χ0) is 13.1. The molecule has 1 aliphatic rings. The molecule has 0 aliphatic carbocycles. The molecule has 98 valence electrons. The van der Waals surface area contributed by atoms with Gasteiger partial charge < -0.3 is 20.1 Å². The van der Waals surface area contributed by atoms with Crippen LogP contribution in [0.1, 0.15) is 6.42 Å². The third-order valence-electron chi connectivity index (χ3n) is 2.70. The molecule has 8 heteroatoms. The second-order valence-electron chi connectivity index (χ2n) is 3.91. The van der Waals surface area contributed by atoms with E-state index in [1.54, 1.807) is 0 Å². The molecule has 2 heterocycles. The van der Waals surface area contributed by atoms with Crippen LogP contribution in [0.4, 0.5) is 15.1 Å². The van der Waals surface area contributed by atoms with Gasteiger partial charge in [0.2, 0.25) is 11.8 Å². The molecule has 0 spiro atoms. The van der Waals surface area contributed by atoms with Gasteiger partial charge in [-0.05, 0) is 6.42 Å². The topological polar surface area (TPSA) is 87.6 Å². The molecule has 0 saturated carbocycles. The molecular formula is C10H13FN4O3. The number of hydrogen-bond donors (Lipinski definition) is 2. The van der Waals surface area contributed by atoms with Gasteiger partial charge in [-0.2, -0.15) is 9.37 Å². The summed E-state index contributed by atoms with van der Waals surface area (Å²) >= 11 is 0. The predicted molar refractivity (Wildman–Crippen MR) is 60.2 cm³/mol. The minimum atomic E-state index is -0.947. The first-order valence-corrected chi connectivity index (χ1v) is 5.41. The van der Waals surface area contributed by atoms with E-state index >= 15 is 0 Å². The fraction of sp³-hybridized carbons (Fsp3) is 0.500. The number of amides is 1. The van der Waals surface area contributed by atoms with Crippen molar-refractivity contribution in [1.29, 1.82) is 0 Å². The molecule has 0 aromatic carbocycles. The maximum atomic E-state index is 13.1. The first-order valence-electron chi connectivity index (χ1n) is 5.41. The van der Waals surface area contributed by atoms with Crippen molar-refractivity contribution in [3.05, 3.63) is 12.0 Å². The van der Waals surface area contributed by atoms with E-state index in [1.807, 2.05) is 0 Å². The van der Waals surface area contributed by atoms with Gasteiger partial charge in [-0.3, -0.25) is 0 Å². The van der Waals surface area contributed by atoms with Gasteiger partial charge in [0.05, 0.1) is 13.3 Å². The number of nitrogens with zero attached hydrogens (tertiary/aromatic N) is 3. The Morgan fingerprint density at radius 3 is 3.11 bits per heavy atom. The Kier molecular flexibility index (Phi) is 3.45. The predicted octanol–water partition coefficient (Wildman–Crippen LogP) is 0.788. The summed E-state index contributed by atoms with van der Waals surface area (Å²) in [7, 11) is 1.32. The fourth-order valence-corrected chi connectivity index (χ4v) is 1.80. The lowest BCUT2D eigenvalue weighted by atomic mass is 10.3. The third kappa shape index (κ3) is 2.58. The summed E-state index contributed by atoms with van der Waals surface area (Å²) in [4.78, 5) is 19.7. The second kappa shape index (κ2) is 5.03. The molecule has 0 unspecified atom stereocenters. The van der Waals surface area contributed by atoms with Gasteiger partial charge in [0, 0.05) is 19.1 Å². The Hall–Kier alpha value is -2.12. The Morgan fingerprint density at radius 1 is 1.72 bits per heavy atom. The smallest absolute Gasteiger partial charge is 0.407 e. The van der Waals surface area contributed by atoms with Crippen molar-refractivity contribution in [3.8, 4) is 5.88 Å². The van der Waals surface area contributed by atoms with Crippen LogP contribution in [0.2, 0.25) is 0 Å². The van der Waals surface area contributed by atoms with Crippen LogP contribution in [-0.4, -0.2) is 52.3 Å². The molecule has 0 bridgehead atoms. The maximum Gasteiger partial charge on any atom is 0.407 e. The number of nitrogens with one attached hydrogen (secondary N) is 1. The number of aromatic nitrogens is 2. The highest BCUT2D eigenvalue weighted by Gasteiger charge is 2.26. The Bertz CT molecular complexity index is 457. The summed E-state index contributed by atoms with van der Waals surface area (Å²) in [6.45, 7) is 0.823. The van der Waals surface area contributed by atoms with E-state index in [9.17, 15) is 9.18 Å². The van der Waals surface area contributed by atoms with Gasteiger partial charge in [-0.25, -0.2) is 9.78 Å². The number of rotatable bonds is 3. The standard InChI is InChI=1S/C10H13FN4O3/c1-18-8-7(11)4-12-9(14-8)13-6-2-3-15(5-6)10(16)17/h4,6H,2-3,5H2,1H3,(H,16,17)(H,12,13,14)/t6-/m1/s1. The molecule has 1 aromatic heterocycles. The van der Waals surface area contributed by atoms with Crippen molar-refractivity contribution in [2.45, 2.75) is 12.5 Å². The summed E-state index contributed by atoms with van der Waals surface area (Å²) in [5, 5.41) is 11.8. The number of hydrogen-bond acceptors (Lipinski definition) is 5. The molecule has 7 nitrogen and oxygen atoms in total. The van der Waals surface area contributed by atoms with Gasteiger partial charge in [0.1, 0.15) is 0 Å². The second-order valence-corrected chi connectivity index (χ2v) is 3.91. The first-order chi connectivity index (χ1) is 8.60. The van der Waals surface area contributed by atoms with Crippen LogP contribution < -0.4 is 10.1 Å². The van der Waals surface area contributed by atoms with Crippen molar-refractivity contribution in [2.24, 2.45) is 0 Å². The van der Waals surface area contributed by atoms with Gasteiger partial charge in [-0.1, -0.05) is 0 Å². The van der Waals surface area contributed by atoms with E-state index in [4.69, 9.17) is 9.84 Å². The average Bonchev–Trinajstić information content (AvgIpc) is 2.80. The summed E-state index contributed by atoms with van der Waals surface area (Å²) in [5.41, 5.74) is 0. The van der Waals surface area contributed by atoms with E-state index in [1.165, 1.54) is 12.0 Å². The Balaban J connectivity index is 2.00. The van der Waals surface area contributed by atoms with Crippen molar-refractivity contribution in [1.82, 2.24) is 14.9 Å². The highest BCUT2D eigenvalue weighted by molar-refractivity contribution is 5.65. The molecular weight excluding hydrogens is 243 g/mol. The number of likely N-dealkylation sites (tertiary alicyclic amines) is 1. The van der Waals surface area contributed by atoms with Crippen LogP contribution in [0.5, 0.6) is 5.88 Å². The average molecular weight is 256 g/mol. The number of methoxy groups -OCH3 is 1. The van der Waals surface area contributed by atoms with E-state index in [0.717, 1.165) is 6.20 Å². The van der Waals surface area contributed by atoms with Crippen LogP contribution >= 0.6 is 0 Å². The van der Waals surface area contributed by atoms with E-state index in [2.05, 4.69) is 15.3 Å². The highest BCUT2D eigenvalue weighted by Crippen LogP contribution is 2.17. The number of anilines is 1. The molecule has 2 N–H and O–H groups in total. The van der Waals surface area contributed by atoms with Crippen LogP contribution in [-0.2, 0) is 0 Å². The minimum absolute atomic E-state index is 0.0729. The molecule has 1 saturated heterocycles. The van der Waals surface area contributed by atoms with E-state index < -0.39 is 11.9 Å². The van der Waals surface area contributed by atoms with Crippen molar-refractivity contribution >= 4 is 12.0 Å². The lowest BCUT2D eigenvalue weighted by molar-refractivity contribution is 0.155. The summed E-state index contributed by atoms with van der Waals surface area (Å²) in [5.74, 6) is -0.548. The minimum Gasteiger partial charge on any atom is -0.479 e. The number of carboxylic acid groups (broad SMARTS) is 1. The highest BCUT2D eigenvalue weighted by atomic mass is 19.1. The maximum absolute atomic E-state index is 13.1. The first kappa shape index (κ1) is 12.3. The summed E-state index contributed by atoms with van der Waals surface area (Å²) in [6.07, 6.45) is 0.727. The molecule has 1 aliphatic heterocycles. The normalized spacial score (nSPS) is 18.8. The number of carbonyl (C=O) groups is 1. The Morgan fingerprint density at radius 2 is 2.50 bits per heavy atom. The SMILES string of the molecule is COc1nc(N[C@@H]2CCN(C(=O)O)C2)ncc1F. The van der Waals surface area contributed by atoms with Crippen molar-refractivity contribution < 1.29 is 19.0 Å². The molecule has 2 rings (SSSR count). The zero-order valence-electron chi connectivity index (χ0n) is 9.76. The molecule has 1 fully saturated rings. The van der Waals surface area contributed by atoms with Crippen LogP contribution in [0.3, 0.4) is 0 Å². The fourth-order valence-electron chi connectivity index (χ4n) is 1.80. The largest absolute Gasteiger partial charge is 0.479 e. The van der Waals surface area contributed by atoms with Crippen molar-refractivity contribution in [3.63, 3.8) is 0 Å². The molecule has 1 amide bonds. The van der Waals surface area contributed by atoms with Crippen LogP contribution in [0.15, 0.2) is 6.20 Å². The lowest BCUT2D eigenvalue weighted by Gasteiger charge is -2.14. The molecule has 18 heavy (non-hydrogen) atoms. The monoisotopic (exact) mass is 256 g/mol. The van der Waals surface area contributed by atoms with Gasteiger partial charge >= 0.3 is 6.09 Å². The molecule has 1 atom stereocenters. The third-order valence-corrected chi connectivity index (χ3v) is 2.70. The Labute approximate surface area is 103 Å². The van der Waals surface area contributed by atoms with Crippen LogP contribution in [0, 0.1) is 5.82 Å². The quantitative estimate of drug-likeness (QED) is 0.831. The summed E-state index contributed by atoms with van der Waals surface area (Å²) < 4.78 is 17.8. The molecule has 0 radical (unpaired) electrons. The van der Waals surface area contributed by atoms with Gasteiger partial charge in [-0.15, -0.1) is 0 Å². The number of halogens is 1. The lowest BCUT2D eigenvalue weighted by Crippen LogP contribution is -2.30. The van der Waals surface area contributed by atoms with E-state index in [0.29, 0.717) is 19.5 Å². The molecule has 1 aromatic rings. The van der Waals surface area contributed by atoms with Crippen LogP contribution in [0.25, 0.3) is 0 Å². The van der Waals surface area contributed by atoms with E-state index in [-0.39, 0.29) is 17.9 Å².